The summed E-state index contributed by atoms with van der Waals surface area (Å²) in [5, 5.41) is 9.32. The van der Waals surface area contributed by atoms with E-state index in [0.717, 1.165) is 16.4 Å². The maximum atomic E-state index is 13.6. The quantitative estimate of drug-likeness (QED) is 0.809. The number of carbonyl (C=O) groups excluding carboxylic acids is 1. The number of hydrogen-bond acceptors (Lipinski definition) is 4. The van der Waals surface area contributed by atoms with Gasteiger partial charge in [0.1, 0.15) is 17.0 Å². The first-order chi connectivity index (χ1) is 8.45. The third-order valence-corrected chi connectivity index (χ3v) is 4.72. The van der Waals surface area contributed by atoms with Gasteiger partial charge in [-0.1, -0.05) is 0 Å². The number of benzene rings is 1. The van der Waals surface area contributed by atoms with Crippen molar-refractivity contribution in [1.82, 2.24) is 4.31 Å². The predicted molar refractivity (Wildman–Crippen MR) is 61.2 cm³/mol. The maximum absolute atomic E-state index is 13.6. The lowest BCUT2D eigenvalue weighted by Crippen LogP contribution is -2.30. The van der Waals surface area contributed by atoms with Crippen molar-refractivity contribution in [2.45, 2.75) is 17.4 Å². The van der Waals surface area contributed by atoms with Gasteiger partial charge < -0.3 is 5.11 Å². The molecule has 0 aromatic heterocycles. The molecule has 0 radical (unpaired) electrons. The second-order valence-electron chi connectivity index (χ2n) is 4.11. The molecule has 0 spiro atoms. The van der Waals surface area contributed by atoms with Crippen LogP contribution in [-0.2, 0) is 10.0 Å². The monoisotopic (exact) mass is 273 g/mol. The molecule has 5 nitrogen and oxygen atoms in total. The molecule has 0 aliphatic carbocycles. The summed E-state index contributed by atoms with van der Waals surface area (Å²) < 4.78 is 38.8. The van der Waals surface area contributed by atoms with E-state index in [1.54, 1.807) is 0 Å². The predicted octanol–water partition coefficient (Wildman–Crippen LogP) is 0.394. The molecule has 2 rings (SSSR count). The SMILES string of the molecule is O=Cc1ccc(F)c(S(=O)(=O)N2CCC(O)C2)c1. The minimum atomic E-state index is -4.00. The zero-order chi connectivity index (χ0) is 13.3. The van der Waals surface area contributed by atoms with Crippen molar-refractivity contribution in [3.05, 3.63) is 29.6 Å². The number of aldehydes is 1. The fraction of sp³-hybridized carbons (Fsp3) is 0.364. The molecule has 1 aliphatic heterocycles. The molecule has 0 bridgehead atoms. The number of β-amino-alcohol motifs (C(OH)–C–C–N with tert-alkyl or cyclic N) is 1. The second kappa shape index (κ2) is 4.75. The number of aliphatic hydroxyl groups is 1. The van der Waals surface area contributed by atoms with Crippen LogP contribution in [0.25, 0.3) is 0 Å². The first-order valence-electron chi connectivity index (χ1n) is 5.38. The number of halogens is 1. The number of sulfonamides is 1. The zero-order valence-corrected chi connectivity index (χ0v) is 10.2. The molecule has 1 fully saturated rings. The molecule has 7 heteroatoms. The van der Waals surface area contributed by atoms with E-state index in [1.165, 1.54) is 6.07 Å². The van der Waals surface area contributed by atoms with Crippen LogP contribution in [0.2, 0.25) is 0 Å². The van der Waals surface area contributed by atoms with Crippen molar-refractivity contribution in [2.75, 3.05) is 13.1 Å². The lowest BCUT2D eigenvalue weighted by molar-refractivity contribution is 0.112. The van der Waals surface area contributed by atoms with E-state index < -0.39 is 26.8 Å². The van der Waals surface area contributed by atoms with Gasteiger partial charge in [0.15, 0.2) is 0 Å². The smallest absolute Gasteiger partial charge is 0.246 e. The molecule has 1 unspecified atom stereocenters. The average molecular weight is 273 g/mol. The largest absolute Gasteiger partial charge is 0.392 e. The minimum absolute atomic E-state index is 0.0485. The van der Waals surface area contributed by atoms with E-state index in [0.29, 0.717) is 12.7 Å². The molecule has 1 aliphatic rings. The maximum Gasteiger partial charge on any atom is 0.246 e. The molecular formula is C11H12FNO4S. The number of carbonyl (C=O) groups is 1. The second-order valence-corrected chi connectivity index (χ2v) is 6.02. The van der Waals surface area contributed by atoms with Crippen molar-refractivity contribution in [3.8, 4) is 0 Å². The molecule has 1 atom stereocenters. The van der Waals surface area contributed by atoms with Crippen molar-refractivity contribution in [1.29, 1.82) is 0 Å². The summed E-state index contributed by atoms with van der Waals surface area (Å²) in [6.07, 6.45) is 0.0583. The van der Waals surface area contributed by atoms with Crippen LogP contribution in [0.5, 0.6) is 0 Å². The van der Waals surface area contributed by atoms with Gasteiger partial charge in [-0.3, -0.25) is 4.79 Å². The standard InChI is InChI=1S/C11H12FNO4S/c12-10-2-1-8(7-14)5-11(10)18(16,17)13-4-3-9(15)6-13/h1-2,5,7,9,15H,3-4,6H2. The molecule has 1 aromatic rings. The Hall–Kier alpha value is -1.31. The molecule has 1 N–H and O–H groups in total. The van der Waals surface area contributed by atoms with Crippen molar-refractivity contribution < 1.29 is 22.7 Å². The third kappa shape index (κ3) is 2.29. The Labute approximate surface area is 104 Å². The highest BCUT2D eigenvalue weighted by molar-refractivity contribution is 7.89. The number of aliphatic hydroxyl groups excluding tert-OH is 1. The number of rotatable bonds is 3. The van der Waals surface area contributed by atoms with Gasteiger partial charge in [-0.05, 0) is 24.6 Å². The zero-order valence-electron chi connectivity index (χ0n) is 9.41. The van der Waals surface area contributed by atoms with Crippen molar-refractivity contribution in [3.63, 3.8) is 0 Å². The first-order valence-corrected chi connectivity index (χ1v) is 6.82. The van der Waals surface area contributed by atoms with Crippen LogP contribution in [0.1, 0.15) is 16.8 Å². The summed E-state index contributed by atoms with van der Waals surface area (Å²) in [5.74, 6) is -0.901. The highest BCUT2D eigenvalue weighted by atomic mass is 32.2. The van der Waals surface area contributed by atoms with Crippen LogP contribution in [0.15, 0.2) is 23.1 Å². The molecule has 18 heavy (non-hydrogen) atoms. The van der Waals surface area contributed by atoms with Crippen LogP contribution in [0.3, 0.4) is 0 Å². The Morgan fingerprint density at radius 2 is 2.17 bits per heavy atom. The highest BCUT2D eigenvalue weighted by Gasteiger charge is 2.33. The fourth-order valence-electron chi connectivity index (χ4n) is 1.86. The number of hydrogen-bond donors (Lipinski definition) is 1. The van der Waals surface area contributed by atoms with E-state index in [-0.39, 0.29) is 18.7 Å². The summed E-state index contributed by atoms with van der Waals surface area (Å²) >= 11 is 0. The van der Waals surface area contributed by atoms with Crippen LogP contribution in [0, 0.1) is 5.82 Å². The van der Waals surface area contributed by atoms with Crippen molar-refractivity contribution in [2.24, 2.45) is 0 Å². The Kier molecular flexibility index (Phi) is 3.47. The van der Waals surface area contributed by atoms with E-state index in [1.807, 2.05) is 0 Å². The van der Waals surface area contributed by atoms with E-state index in [2.05, 4.69) is 0 Å². The summed E-state index contributed by atoms with van der Waals surface area (Å²) in [5.41, 5.74) is 0.0923. The molecule has 1 aromatic carbocycles. The summed E-state index contributed by atoms with van der Waals surface area (Å²) in [6, 6.07) is 3.16. The van der Waals surface area contributed by atoms with Gasteiger partial charge in [0.25, 0.3) is 0 Å². The molecular weight excluding hydrogens is 261 g/mol. The Morgan fingerprint density at radius 3 is 2.72 bits per heavy atom. The van der Waals surface area contributed by atoms with Gasteiger partial charge in [-0.15, -0.1) is 0 Å². The Bertz CT molecular complexity index is 572. The van der Waals surface area contributed by atoms with E-state index >= 15 is 0 Å². The summed E-state index contributed by atoms with van der Waals surface area (Å²) in [7, 11) is -4.00. The van der Waals surface area contributed by atoms with Crippen LogP contribution < -0.4 is 0 Å². The summed E-state index contributed by atoms with van der Waals surface area (Å²) in [6.45, 7) is 0.0986. The lowest BCUT2D eigenvalue weighted by atomic mass is 10.2. The Morgan fingerprint density at radius 1 is 1.44 bits per heavy atom. The fourth-order valence-corrected chi connectivity index (χ4v) is 3.45. The molecule has 1 heterocycles. The first kappa shape index (κ1) is 13.1. The molecule has 0 amide bonds. The van der Waals surface area contributed by atoms with Gasteiger partial charge in [0, 0.05) is 18.7 Å². The highest BCUT2D eigenvalue weighted by Crippen LogP contribution is 2.23. The van der Waals surface area contributed by atoms with Crippen LogP contribution >= 0.6 is 0 Å². The van der Waals surface area contributed by atoms with Gasteiger partial charge >= 0.3 is 0 Å². The molecule has 98 valence electrons. The third-order valence-electron chi connectivity index (χ3n) is 2.84. The topological polar surface area (TPSA) is 74.7 Å². The van der Waals surface area contributed by atoms with Gasteiger partial charge in [0.2, 0.25) is 10.0 Å². The van der Waals surface area contributed by atoms with E-state index in [4.69, 9.17) is 0 Å². The van der Waals surface area contributed by atoms with Gasteiger partial charge in [0.05, 0.1) is 6.10 Å². The van der Waals surface area contributed by atoms with Gasteiger partial charge in [-0.2, -0.15) is 4.31 Å². The summed E-state index contributed by atoms with van der Waals surface area (Å²) in [4.78, 5) is 10.1. The van der Waals surface area contributed by atoms with Gasteiger partial charge in [-0.25, -0.2) is 12.8 Å². The number of nitrogens with zero attached hydrogens (tertiary/aromatic N) is 1. The lowest BCUT2D eigenvalue weighted by Gasteiger charge is -2.16. The average Bonchev–Trinajstić information content (AvgIpc) is 2.77. The molecule has 0 saturated carbocycles. The minimum Gasteiger partial charge on any atom is -0.392 e. The van der Waals surface area contributed by atoms with Crippen LogP contribution in [-0.4, -0.2) is 43.3 Å². The normalized spacial score (nSPS) is 21.1. The molecule has 1 saturated heterocycles. The van der Waals surface area contributed by atoms with Crippen molar-refractivity contribution >= 4 is 16.3 Å². The van der Waals surface area contributed by atoms with Crippen LogP contribution in [0.4, 0.5) is 4.39 Å². The van der Waals surface area contributed by atoms with E-state index in [9.17, 15) is 22.7 Å². The Balaban J connectivity index is 2.43.